The monoisotopic (exact) mass is 207 g/mol. The van der Waals surface area contributed by atoms with Gasteiger partial charge in [0.05, 0.1) is 0 Å². The van der Waals surface area contributed by atoms with Gasteiger partial charge in [0, 0.05) is 6.04 Å². The van der Waals surface area contributed by atoms with Gasteiger partial charge in [-0.05, 0) is 61.3 Å². The summed E-state index contributed by atoms with van der Waals surface area (Å²) in [6.45, 7) is 8.75. The van der Waals surface area contributed by atoms with Crippen molar-refractivity contribution in [2.45, 2.75) is 52.5 Å². The maximum absolute atomic E-state index is 3.83. The lowest BCUT2D eigenvalue weighted by Gasteiger charge is -2.62. The molecule has 0 aromatic heterocycles. The van der Waals surface area contributed by atoms with Crippen LogP contribution in [0, 0.1) is 29.1 Å². The van der Waals surface area contributed by atoms with Crippen LogP contribution >= 0.6 is 0 Å². The molecule has 0 spiro atoms. The summed E-state index contributed by atoms with van der Waals surface area (Å²) in [5, 5.41) is 3.83. The second-order valence-corrected chi connectivity index (χ2v) is 6.91. The molecular formula is C14H25N. The predicted molar refractivity (Wildman–Crippen MR) is 63.7 cm³/mol. The van der Waals surface area contributed by atoms with Crippen LogP contribution in [0.1, 0.15) is 46.5 Å². The smallest absolute Gasteiger partial charge is 0.00984 e. The van der Waals surface area contributed by atoms with Crippen molar-refractivity contribution in [2.75, 3.05) is 6.54 Å². The van der Waals surface area contributed by atoms with Crippen LogP contribution in [0.25, 0.3) is 0 Å². The van der Waals surface area contributed by atoms with Gasteiger partial charge in [0.2, 0.25) is 0 Å². The molecule has 4 saturated carbocycles. The standard InChI is InChI=1S/C14H25N/c1-9-12-6-11(14(12,2)3)7-13(9)15-8-10-4-5-10/h9-13,15H,4-8H2,1-3H3/t9-,11+,12-,13-/m1/s1. The lowest BCUT2D eigenvalue weighted by Crippen LogP contribution is -2.60. The van der Waals surface area contributed by atoms with Gasteiger partial charge in [-0.3, -0.25) is 0 Å². The lowest BCUT2D eigenvalue weighted by molar-refractivity contribution is -0.115. The Hall–Kier alpha value is -0.0400. The van der Waals surface area contributed by atoms with E-state index in [4.69, 9.17) is 0 Å². The molecular weight excluding hydrogens is 182 g/mol. The number of hydrogen-bond donors (Lipinski definition) is 1. The molecule has 0 saturated heterocycles. The number of hydrogen-bond acceptors (Lipinski definition) is 1. The fraction of sp³-hybridized carbons (Fsp3) is 1.00. The van der Waals surface area contributed by atoms with Crippen LogP contribution in [0.5, 0.6) is 0 Å². The molecule has 0 aromatic carbocycles. The van der Waals surface area contributed by atoms with Crippen LogP contribution in [0.4, 0.5) is 0 Å². The molecule has 0 aliphatic heterocycles. The third-order valence-electron chi connectivity index (χ3n) is 5.72. The van der Waals surface area contributed by atoms with Crippen molar-refractivity contribution in [3.63, 3.8) is 0 Å². The van der Waals surface area contributed by atoms with Gasteiger partial charge in [0.1, 0.15) is 0 Å². The van der Waals surface area contributed by atoms with E-state index in [9.17, 15) is 0 Å². The summed E-state index contributed by atoms with van der Waals surface area (Å²) in [6, 6.07) is 0.836. The highest BCUT2D eigenvalue weighted by Crippen LogP contribution is 2.61. The largest absolute Gasteiger partial charge is 0.313 e. The minimum atomic E-state index is 0.650. The molecule has 4 rings (SSSR count). The zero-order chi connectivity index (χ0) is 10.6. The summed E-state index contributed by atoms with van der Waals surface area (Å²) in [4.78, 5) is 0. The zero-order valence-corrected chi connectivity index (χ0v) is 10.4. The first-order chi connectivity index (χ1) is 7.09. The Morgan fingerprint density at radius 2 is 1.93 bits per heavy atom. The summed E-state index contributed by atoms with van der Waals surface area (Å²) >= 11 is 0. The third kappa shape index (κ3) is 1.54. The highest BCUT2D eigenvalue weighted by molar-refractivity contribution is 5.07. The normalized spacial score (nSPS) is 47.4. The Kier molecular flexibility index (Phi) is 2.18. The van der Waals surface area contributed by atoms with Gasteiger partial charge >= 0.3 is 0 Å². The fourth-order valence-corrected chi connectivity index (χ4v) is 4.06. The average Bonchev–Trinajstić information content (AvgIpc) is 2.99. The van der Waals surface area contributed by atoms with Crippen LogP contribution in [-0.4, -0.2) is 12.6 Å². The van der Waals surface area contributed by atoms with E-state index in [1.807, 2.05) is 0 Å². The SMILES string of the molecule is C[C@@H]1[C@H]2C[C@@H](C[C@H]1NCC1CC1)C2(C)C. The van der Waals surface area contributed by atoms with Crippen molar-refractivity contribution in [1.29, 1.82) is 0 Å². The van der Waals surface area contributed by atoms with Crippen LogP contribution in [-0.2, 0) is 0 Å². The Morgan fingerprint density at radius 3 is 2.47 bits per heavy atom. The van der Waals surface area contributed by atoms with Gasteiger partial charge in [-0.15, -0.1) is 0 Å². The van der Waals surface area contributed by atoms with E-state index in [-0.39, 0.29) is 0 Å². The molecule has 15 heavy (non-hydrogen) atoms. The van der Waals surface area contributed by atoms with Crippen molar-refractivity contribution in [1.82, 2.24) is 5.32 Å². The van der Waals surface area contributed by atoms with E-state index in [1.165, 1.54) is 32.2 Å². The molecule has 4 aliphatic carbocycles. The topological polar surface area (TPSA) is 12.0 Å². The highest BCUT2D eigenvalue weighted by Gasteiger charge is 2.56. The molecule has 1 heteroatoms. The number of nitrogens with one attached hydrogen (secondary N) is 1. The highest BCUT2D eigenvalue weighted by atomic mass is 14.9. The molecule has 0 unspecified atom stereocenters. The van der Waals surface area contributed by atoms with E-state index in [1.54, 1.807) is 0 Å². The summed E-state index contributed by atoms with van der Waals surface area (Å²) in [6.07, 6.45) is 5.91. The molecule has 0 radical (unpaired) electrons. The second-order valence-electron chi connectivity index (χ2n) is 6.91. The predicted octanol–water partition coefficient (Wildman–Crippen LogP) is 3.06. The molecule has 2 bridgehead atoms. The van der Waals surface area contributed by atoms with E-state index < -0.39 is 0 Å². The first-order valence-corrected chi connectivity index (χ1v) is 6.82. The van der Waals surface area contributed by atoms with Gasteiger partial charge in [-0.25, -0.2) is 0 Å². The molecule has 4 aliphatic rings. The Morgan fingerprint density at radius 1 is 1.20 bits per heavy atom. The van der Waals surface area contributed by atoms with Crippen LogP contribution < -0.4 is 5.32 Å². The molecule has 0 heterocycles. The average molecular weight is 207 g/mol. The summed E-state index contributed by atoms with van der Waals surface area (Å²) in [5.41, 5.74) is 0.650. The van der Waals surface area contributed by atoms with Crippen molar-refractivity contribution >= 4 is 0 Å². The Bertz CT molecular complexity index is 254. The Labute approximate surface area is 94.0 Å². The van der Waals surface area contributed by atoms with Crippen molar-refractivity contribution in [2.24, 2.45) is 29.1 Å². The van der Waals surface area contributed by atoms with Crippen LogP contribution in [0.15, 0.2) is 0 Å². The first-order valence-electron chi connectivity index (χ1n) is 6.82. The van der Waals surface area contributed by atoms with Crippen molar-refractivity contribution in [3.8, 4) is 0 Å². The molecule has 1 nitrogen and oxygen atoms in total. The summed E-state index contributed by atoms with van der Waals surface area (Å²) in [7, 11) is 0. The first kappa shape index (κ1) is 10.1. The third-order valence-corrected chi connectivity index (χ3v) is 5.72. The fourth-order valence-electron chi connectivity index (χ4n) is 4.06. The van der Waals surface area contributed by atoms with Gasteiger partial charge in [-0.2, -0.15) is 0 Å². The van der Waals surface area contributed by atoms with E-state index in [0.29, 0.717) is 5.41 Å². The quantitative estimate of drug-likeness (QED) is 0.750. The lowest BCUT2D eigenvalue weighted by atomic mass is 9.45. The van der Waals surface area contributed by atoms with Crippen molar-refractivity contribution < 1.29 is 0 Å². The van der Waals surface area contributed by atoms with Gasteiger partial charge in [-0.1, -0.05) is 20.8 Å². The van der Waals surface area contributed by atoms with E-state index >= 15 is 0 Å². The molecule has 4 fully saturated rings. The van der Waals surface area contributed by atoms with Gasteiger partial charge in [0.15, 0.2) is 0 Å². The summed E-state index contributed by atoms with van der Waals surface area (Å²) < 4.78 is 0. The van der Waals surface area contributed by atoms with Crippen LogP contribution in [0.2, 0.25) is 0 Å². The van der Waals surface area contributed by atoms with E-state index in [0.717, 1.165) is 29.7 Å². The maximum Gasteiger partial charge on any atom is 0.00984 e. The minimum absolute atomic E-state index is 0.650. The molecule has 0 aromatic rings. The van der Waals surface area contributed by atoms with Gasteiger partial charge < -0.3 is 5.32 Å². The molecule has 4 atom stereocenters. The maximum atomic E-state index is 3.83. The molecule has 1 N–H and O–H groups in total. The molecule has 0 amide bonds. The van der Waals surface area contributed by atoms with E-state index in [2.05, 4.69) is 26.1 Å². The summed E-state index contributed by atoms with van der Waals surface area (Å²) in [5.74, 6) is 3.94. The number of rotatable bonds is 3. The number of fused-ring (bicyclic) bond motifs is 2. The van der Waals surface area contributed by atoms with Gasteiger partial charge in [0.25, 0.3) is 0 Å². The zero-order valence-electron chi connectivity index (χ0n) is 10.4. The van der Waals surface area contributed by atoms with Crippen LogP contribution in [0.3, 0.4) is 0 Å². The molecule has 86 valence electrons. The van der Waals surface area contributed by atoms with Crippen molar-refractivity contribution in [3.05, 3.63) is 0 Å². The Balaban J connectivity index is 1.58. The minimum Gasteiger partial charge on any atom is -0.313 e. The second kappa shape index (κ2) is 3.23.